The smallest absolute Gasteiger partial charge is 0.265 e. The molecule has 0 fully saturated rings. The minimum atomic E-state index is -3.78. The number of sulfonamides is 1. The Morgan fingerprint density at radius 2 is 1.62 bits per heavy atom. The van der Waals surface area contributed by atoms with Crippen LogP contribution in [0.2, 0.25) is 5.02 Å². The van der Waals surface area contributed by atoms with Gasteiger partial charge in [-0.2, -0.15) is 4.31 Å². The van der Waals surface area contributed by atoms with Crippen molar-refractivity contribution in [1.82, 2.24) is 4.31 Å². The Morgan fingerprint density at radius 1 is 0.969 bits per heavy atom. The molecular formula is C22H22ClN3O4S2. The summed E-state index contributed by atoms with van der Waals surface area (Å²) in [5.41, 5.74) is 0.947. The molecule has 0 saturated carbocycles. The number of rotatable bonds is 7. The molecule has 3 aromatic rings. The van der Waals surface area contributed by atoms with Gasteiger partial charge in [0.2, 0.25) is 10.0 Å². The summed E-state index contributed by atoms with van der Waals surface area (Å²) < 4.78 is 26.8. The molecule has 0 radical (unpaired) electrons. The summed E-state index contributed by atoms with van der Waals surface area (Å²) >= 11 is 7.50. The van der Waals surface area contributed by atoms with Crippen LogP contribution in [0.3, 0.4) is 0 Å². The summed E-state index contributed by atoms with van der Waals surface area (Å²) in [6, 6.07) is 13.9. The van der Waals surface area contributed by atoms with Gasteiger partial charge in [-0.15, -0.1) is 11.3 Å². The van der Waals surface area contributed by atoms with E-state index < -0.39 is 15.9 Å². The second-order valence-corrected chi connectivity index (χ2v) is 10.6. The second-order valence-electron chi connectivity index (χ2n) is 7.22. The van der Waals surface area contributed by atoms with E-state index in [0.29, 0.717) is 16.3 Å². The Hall–Kier alpha value is -2.72. The Balaban J connectivity index is 1.81. The maximum absolute atomic E-state index is 12.8. The molecular weight excluding hydrogens is 470 g/mol. The molecule has 0 aliphatic heterocycles. The third-order valence-electron chi connectivity index (χ3n) is 4.71. The molecule has 0 unspecified atom stereocenters. The maximum Gasteiger partial charge on any atom is 0.265 e. The number of hydrogen-bond donors (Lipinski definition) is 2. The lowest BCUT2D eigenvalue weighted by Crippen LogP contribution is -2.33. The van der Waals surface area contributed by atoms with Gasteiger partial charge in [0.05, 0.1) is 20.4 Å². The van der Waals surface area contributed by atoms with Gasteiger partial charge in [0, 0.05) is 24.5 Å². The first-order valence-corrected chi connectivity index (χ1v) is 12.3. The van der Waals surface area contributed by atoms with E-state index in [4.69, 9.17) is 11.6 Å². The lowest BCUT2D eigenvalue weighted by atomic mass is 10.2. The zero-order valence-corrected chi connectivity index (χ0v) is 20.0. The van der Waals surface area contributed by atoms with Crippen molar-refractivity contribution < 1.29 is 18.0 Å². The molecule has 7 nitrogen and oxygen atoms in total. The lowest BCUT2D eigenvalue weighted by Gasteiger charge is -2.21. The Morgan fingerprint density at radius 3 is 2.22 bits per heavy atom. The standard InChI is InChI=1S/C22H22ClN3O4S2/c1-14(2)26(3)32(29,30)17-9-10-19(23)18(13-17)21(27)24-15-6-4-7-16(12-15)25-22(28)20-8-5-11-31-20/h4-14H,1-3H3,(H,24,27)(H,25,28). The van der Waals surface area contributed by atoms with Crippen molar-refractivity contribution in [2.45, 2.75) is 24.8 Å². The van der Waals surface area contributed by atoms with Gasteiger partial charge >= 0.3 is 0 Å². The zero-order valence-electron chi connectivity index (χ0n) is 17.6. The molecule has 3 rings (SSSR count). The Labute approximate surface area is 196 Å². The number of nitrogens with zero attached hydrogens (tertiary/aromatic N) is 1. The van der Waals surface area contributed by atoms with Crippen LogP contribution in [0.4, 0.5) is 11.4 Å². The SMILES string of the molecule is CC(C)N(C)S(=O)(=O)c1ccc(Cl)c(C(=O)Nc2cccc(NC(=O)c3cccs3)c2)c1. The maximum atomic E-state index is 12.8. The number of amides is 2. The summed E-state index contributed by atoms with van der Waals surface area (Å²) in [6.45, 7) is 3.51. The van der Waals surface area contributed by atoms with Crippen molar-refractivity contribution in [3.8, 4) is 0 Å². The number of anilines is 2. The van der Waals surface area contributed by atoms with Gasteiger partial charge in [-0.3, -0.25) is 9.59 Å². The van der Waals surface area contributed by atoms with Gasteiger partial charge in [0.1, 0.15) is 0 Å². The number of benzene rings is 2. The molecule has 10 heteroatoms. The first-order valence-electron chi connectivity index (χ1n) is 9.63. The van der Waals surface area contributed by atoms with Crippen molar-refractivity contribution in [3.05, 3.63) is 75.4 Å². The second kappa shape index (κ2) is 9.83. The van der Waals surface area contributed by atoms with E-state index in [9.17, 15) is 18.0 Å². The number of nitrogens with one attached hydrogen (secondary N) is 2. The predicted octanol–water partition coefficient (Wildman–Crippen LogP) is 4.94. The van der Waals surface area contributed by atoms with Gasteiger partial charge < -0.3 is 10.6 Å². The molecule has 2 N–H and O–H groups in total. The fourth-order valence-corrected chi connectivity index (χ4v) is 4.97. The predicted molar refractivity (Wildman–Crippen MR) is 128 cm³/mol. The lowest BCUT2D eigenvalue weighted by molar-refractivity contribution is 0.102. The highest BCUT2D eigenvalue weighted by Crippen LogP contribution is 2.25. The fourth-order valence-electron chi connectivity index (χ4n) is 2.76. The molecule has 0 aliphatic carbocycles. The molecule has 0 saturated heterocycles. The molecule has 2 amide bonds. The van der Waals surface area contributed by atoms with Gasteiger partial charge in [-0.25, -0.2) is 8.42 Å². The zero-order chi connectivity index (χ0) is 23.5. The molecule has 1 aromatic heterocycles. The normalized spacial score (nSPS) is 11.6. The summed E-state index contributed by atoms with van der Waals surface area (Å²) in [7, 11) is -2.30. The van der Waals surface area contributed by atoms with Crippen LogP contribution in [0.5, 0.6) is 0 Å². The molecule has 1 heterocycles. The van der Waals surface area contributed by atoms with Crippen LogP contribution in [0.15, 0.2) is 64.9 Å². The van der Waals surface area contributed by atoms with Crippen molar-refractivity contribution >= 4 is 56.2 Å². The van der Waals surface area contributed by atoms with Crippen LogP contribution in [0.25, 0.3) is 0 Å². The van der Waals surface area contributed by atoms with E-state index in [1.54, 1.807) is 50.2 Å². The molecule has 2 aromatic carbocycles. The van der Waals surface area contributed by atoms with E-state index in [2.05, 4.69) is 10.6 Å². The number of carbonyl (C=O) groups excluding carboxylic acids is 2. The first kappa shape index (κ1) is 23.9. The van der Waals surface area contributed by atoms with Crippen molar-refractivity contribution in [1.29, 1.82) is 0 Å². The molecule has 0 bridgehead atoms. The quantitative estimate of drug-likeness (QED) is 0.489. The highest BCUT2D eigenvalue weighted by atomic mass is 35.5. The van der Waals surface area contributed by atoms with Crippen LogP contribution < -0.4 is 10.6 Å². The van der Waals surface area contributed by atoms with Crippen LogP contribution in [-0.4, -0.2) is 37.6 Å². The van der Waals surface area contributed by atoms with E-state index in [-0.39, 0.29) is 27.4 Å². The Kier molecular flexibility index (Phi) is 7.35. The first-order chi connectivity index (χ1) is 15.1. The van der Waals surface area contributed by atoms with Gasteiger partial charge in [-0.05, 0) is 61.7 Å². The van der Waals surface area contributed by atoms with Crippen LogP contribution >= 0.6 is 22.9 Å². The van der Waals surface area contributed by atoms with E-state index in [0.717, 1.165) is 0 Å². The third-order valence-corrected chi connectivity index (χ3v) is 7.94. The van der Waals surface area contributed by atoms with E-state index in [1.807, 2.05) is 5.38 Å². The molecule has 168 valence electrons. The van der Waals surface area contributed by atoms with Gasteiger partial charge in [-0.1, -0.05) is 23.7 Å². The van der Waals surface area contributed by atoms with Crippen molar-refractivity contribution in [3.63, 3.8) is 0 Å². The van der Waals surface area contributed by atoms with Crippen LogP contribution in [0, 0.1) is 0 Å². The van der Waals surface area contributed by atoms with E-state index in [1.165, 1.54) is 40.9 Å². The van der Waals surface area contributed by atoms with Crippen molar-refractivity contribution in [2.75, 3.05) is 17.7 Å². The third kappa shape index (κ3) is 5.36. The summed E-state index contributed by atoms with van der Waals surface area (Å²) in [5, 5.41) is 7.40. The highest BCUT2D eigenvalue weighted by Gasteiger charge is 2.25. The highest BCUT2D eigenvalue weighted by molar-refractivity contribution is 7.89. The fraction of sp³-hybridized carbons (Fsp3) is 0.182. The number of carbonyl (C=O) groups is 2. The Bertz CT molecular complexity index is 1240. The number of halogens is 1. The topological polar surface area (TPSA) is 95.6 Å². The van der Waals surface area contributed by atoms with Crippen LogP contribution in [0.1, 0.15) is 33.9 Å². The molecule has 0 atom stereocenters. The van der Waals surface area contributed by atoms with E-state index >= 15 is 0 Å². The molecule has 0 aliphatic rings. The minimum absolute atomic E-state index is 0.0259. The van der Waals surface area contributed by atoms with Crippen molar-refractivity contribution in [2.24, 2.45) is 0 Å². The molecule has 32 heavy (non-hydrogen) atoms. The summed E-state index contributed by atoms with van der Waals surface area (Å²) in [5.74, 6) is -0.820. The van der Waals surface area contributed by atoms with Crippen LogP contribution in [-0.2, 0) is 10.0 Å². The molecule has 0 spiro atoms. The largest absolute Gasteiger partial charge is 0.322 e. The summed E-state index contributed by atoms with van der Waals surface area (Å²) in [6.07, 6.45) is 0. The average molecular weight is 492 g/mol. The average Bonchev–Trinajstić information content (AvgIpc) is 3.28. The number of thiophene rings is 1. The number of hydrogen-bond acceptors (Lipinski definition) is 5. The summed E-state index contributed by atoms with van der Waals surface area (Å²) in [4.78, 5) is 25.6. The van der Waals surface area contributed by atoms with Gasteiger partial charge in [0.25, 0.3) is 11.8 Å². The monoisotopic (exact) mass is 491 g/mol. The van der Waals surface area contributed by atoms with Gasteiger partial charge in [0.15, 0.2) is 0 Å². The minimum Gasteiger partial charge on any atom is -0.322 e.